The minimum Gasteiger partial charge on any atom is -0.497 e. The van der Waals surface area contributed by atoms with Gasteiger partial charge >= 0.3 is 5.91 Å². The van der Waals surface area contributed by atoms with Crippen LogP contribution in [-0.4, -0.2) is 33.0 Å². The zero-order valence-corrected chi connectivity index (χ0v) is 22.6. The molecule has 11 heteroatoms. The van der Waals surface area contributed by atoms with Crippen molar-refractivity contribution in [1.29, 1.82) is 0 Å². The van der Waals surface area contributed by atoms with Gasteiger partial charge in [0.2, 0.25) is 5.82 Å². The van der Waals surface area contributed by atoms with Gasteiger partial charge in [-0.05, 0) is 66.2 Å². The molecule has 40 heavy (non-hydrogen) atoms. The van der Waals surface area contributed by atoms with E-state index < -0.39 is 5.91 Å². The zero-order valence-electron chi connectivity index (χ0n) is 21.1. The van der Waals surface area contributed by atoms with E-state index >= 15 is 0 Å². The number of hydrogen-bond acceptors (Lipinski definition) is 7. The third-order valence-corrected chi connectivity index (χ3v) is 6.29. The molecule has 1 heterocycles. The summed E-state index contributed by atoms with van der Waals surface area (Å²) in [6, 6.07) is 26.2. The van der Waals surface area contributed by atoms with Crippen molar-refractivity contribution < 1.29 is 24.2 Å². The summed E-state index contributed by atoms with van der Waals surface area (Å²) in [7, 11) is 1.60. The van der Waals surface area contributed by atoms with Crippen LogP contribution in [0.1, 0.15) is 16.2 Å². The number of carbonyl (C=O) groups excluding carboxylic acids is 1. The molecular formula is C29H22Cl2N4O5. The fraction of sp³-hybridized carbons (Fsp3) is 0.0690. The molecule has 4 aromatic carbocycles. The summed E-state index contributed by atoms with van der Waals surface area (Å²) in [5.41, 5.74) is 1.57. The molecule has 0 aliphatic heterocycles. The summed E-state index contributed by atoms with van der Waals surface area (Å²) in [4.78, 5) is 16.9. The summed E-state index contributed by atoms with van der Waals surface area (Å²) in [5.74, 6) is 1.19. The van der Waals surface area contributed by atoms with E-state index in [1.54, 1.807) is 31.4 Å². The van der Waals surface area contributed by atoms with Crippen LogP contribution in [0.4, 0.5) is 5.69 Å². The molecule has 0 radical (unpaired) electrons. The largest absolute Gasteiger partial charge is 0.497 e. The summed E-state index contributed by atoms with van der Waals surface area (Å²) in [6.45, 7) is 0.246. The molecule has 0 atom stereocenters. The molecule has 1 N–H and O–H groups in total. The SMILES string of the molecule is COc1ccc(COc2c(Cl)cc(-n3cnc(C(=O)N(O)c4ccc(Oc5ccccc5)cc4)n3)cc2Cl)cc1. The van der Waals surface area contributed by atoms with Crippen LogP contribution in [0.2, 0.25) is 10.0 Å². The van der Waals surface area contributed by atoms with Crippen molar-refractivity contribution in [2.24, 2.45) is 0 Å². The van der Waals surface area contributed by atoms with Crippen molar-refractivity contribution in [3.8, 4) is 28.7 Å². The van der Waals surface area contributed by atoms with Gasteiger partial charge in [-0.15, -0.1) is 5.10 Å². The van der Waals surface area contributed by atoms with Crippen LogP contribution in [-0.2, 0) is 6.61 Å². The Morgan fingerprint density at radius 3 is 2.17 bits per heavy atom. The fourth-order valence-electron chi connectivity index (χ4n) is 3.67. The highest BCUT2D eigenvalue weighted by Gasteiger charge is 2.21. The Labute approximate surface area is 239 Å². The predicted molar refractivity (Wildman–Crippen MR) is 150 cm³/mol. The summed E-state index contributed by atoms with van der Waals surface area (Å²) in [6.07, 6.45) is 1.32. The van der Waals surface area contributed by atoms with E-state index in [9.17, 15) is 10.0 Å². The van der Waals surface area contributed by atoms with Gasteiger partial charge in [0.1, 0.15) is 30.2 Å². The molecule has 0 saturated carbocycles. The Bertz CT molecular complexity index is 1590. The number of benzene rings is 4. The molecule has 0 saturated heterocycles. The molecule has 202 valence electrons. The summed E-state index contributed by atoms with van der Waals surface area (Å²) >= 11 is 12.9. The van der Waals surface area contributed by atoms with E-state index in [2.05, 4.69) is 10.1 Å². The molecule has 0 aliphatic rings. The standard InChI is InChI=1S/C29H22Cl2N4O5/c1-38-22-11-7-19(8-12-22)17-39-27-25(30)15-21(16-26(27)31)34-18-32-28(33-34)29(36)35(37)20-9-13-24(14-10-20)40-23-5-3-2-4-6-23/h2-16,18,37H,17H2,1H3. The number of hydrogen-bond donors (Lipinski definition) is 1. The first-order chi connectivity index (χ1) is 19.4. The number of aromatic nitrogens is 3. The van der Waals surface area contributed by atoms with Crippen LogP contribution in [0.15, 0.2) is 97.3 Å². The minimum atomic E-state index is -0.827. The van der Waals surface area contributed by atoms with Gasteiger partial charge in [-0.2, -0.15) is 5.06 Å². The molecule has 0 aliphatic carbocycles. The average molecular weight is 577 g/mol. The first kappa shape index (κ1) is 27.0. The van der Waals surface area contributed by atoms with Crippen LogP contribution in [0.5, 0.6) is 23.0 Å². The number of para-hydroxylation sites is 1. The number of amides is 1. The quantitative estimate of drug-likeness (QED) is 0.149. The molecule has 1 amide bonds. The maximum atomic E-state index is 12.8. The second kappa shape index (κ2) is 12.1. The number of halogens is 2. The Hall–Kier alpha value is -4.57. The number of rotatable bonds is 9. The Morgan fingerprint density at radius 1 is 0.900 bits per heavy atom. The Kier molecular flexibility index (Phi) is 8.16. The van der Waals surface area contributed by atoms with E-state index in [1.807, 2.05) is 54.6 Å². The van der Waals surface area contributed by atoms with E-state index in [1.165, 1.54) is 23.1 Å². The lowest BCUT2D eigenvalue weighted by Crippen LogP contribution is -2.28. The van der Waals surface area contributed by atoms with Gasteiger partial charge in [0, 0.05) is 0 Å². The topological polar surface area (TPSA) is 98.9 Å². The highest BCUT2D eigenvalue weighted by atomic mass is 35.5. The second-order valence-corrected chi connectivity index (χ2v) is 9.23. The van der Waals surface area contributed by atoms with Gasteiger partial charge < -0.3 is 14.2 Å². The van der Waals surface area contributed by atoms with Gasteiger partial charge in [0.05, 0.1) is 28.5 Å². The fourth-order valence-corrected chi connectivity index (χ4v) is 4.26. The molecule has 0 spiro atoms. The third kappa shape index (κ3) is 6.18. The molecule has 5 rings (SSSR count). The van der Waals surface area contributed by atoms with Crippen LogP contribution >= 0.6 is 23.2 Å². The first-order valence-electron chi connectivity index (χ1n) is 11.9. The van der Waals surface area contributed by atoms with Crippen molar-refractivity contribution in [1.82, 2.24) is 14.8 Å². The number of nitrogens with zero attached hydrogens (tertiary/aromatic N) is 4. The monoisotopic (exact) mass is 576 g/mol. The smallest absolute Gasteiger partial charge is 0.321 e. The Balaban J connectivity index is 1.25. The lowest BCUT2D eigenvalue weighted by molar-refractivity contribution is 0.0844. The molecule has 0 fully saturated rings. The highest BCUT2D eigenvalue weighted by molar-refractivity contribution is 6.37. The normalized spacial score (nSPS) is 10.7. The molecule has 9 nitrogen and oxygen atoms in total. The van der Waals surface area contributed by atoms with Crippen LogP contribution in [0, 0.1) is 0 Å². The summed E-state index contributed by atoms with van der Waals surface area (Å²) < 4.78 is 18.1. The molecule has 0 unspecified atom stereocenters. The molecule has 1 aromatic heterocycles. The van der Waals surface area contributed by atoms with Crippen molar-refractivity contribution in [3.63, 3.8) is 0 Å². The van der Waals surface area contributed by atoms with E-state index in [-0.39, 0.29) is 28.2 Å². The number of hydroxylamine groups is 1. The predicted octanol–water partition coefficient (Wildman–Crippen LogP) is 6.99. The minimum absolute atomic E-state index is 0.214. The average Bonchev–Trinajstić information content (AvgIpc) is 3.48. The maximum Gasteiger partial charge on any atom is 0.321 e. The lowest BCUT2D eigenvalue weighted by Gasteiger charge is -2.14. The van der Waals surface area contributed by atoms with Gasteiger partial charge in [-0.3, -0.25) is 10.0 Å². The van der Waals surface area contributed by atoms with E-state index in [4.69, 9.17) is 37.4 Å². The number of carbonyl (C=O) groups is 1. The molecule has 5 aromatic rings. The van der Waals surface area contributed by atoms with Crippen molar-refractivity contribution in [2.45, 2.75) is 6.61 Å². The maximum absolute atomic E-state index is 12.8. The zero-order chi connectivity index (χ0) is 28.1. The summed E-state index contributed by atoms with van der Waals surface area (Å²) in [5, 5.41) is 15.6. The van der Waals surface area contributed by atoms with E-state index in [0.29, 0.717) is 28.0 Å². The second-order valence-electron chi connectivity index (χ2n) is 8.41. The molecular weight excluding hydrogens is 555 g/mol. The lowest BCUT2D eigenvalue weighted by atomic mass is 10.2. The van der Waals surface area contributed by atoms with Crippen molar-refractivity contribution in [2.75, 3.05) is 12.2 Å². The number of methoxy groups -OCH3 is 1. The van der Waals surface area contributed by atoms with Gasteiger partial charge in [0.15, 0.2) is 5.75 Å². The highest BCUT2D eigenvalue weighted by Crippen LogP contribution is 2.36. The van der Waals surface area contributed by atoms with Crippen molar-refractivity contribution >= 4 is 34.8 Å². The molecule has 0 bridgehead atoms. The number of ether oxygens (including phenoxy) is 3. The van der Waals surface area contributed by atoms with Crippen LogP contribution < -0.4 is 19.3 Å². The van der Waals surface area contributed by atoms with Crippen LogP contribution in [0.3, 0.4) is 0 Å². The van der Waals surface area contributed by atoms with Gasteiger partial charge in [-0.1, -0.05) is 53.5 Å². The van der Waals surface area contributed by atoms with Gasteiger partial charge in [0.25, 0.3) is 0 Å². The van der Waals surface area contributed by atoms with Crippen LogP contribution in [0.25, 0.3) is 5.69 Å². The van der Waals surface area contributed by atoms with Crippen molar-refractivity contribution in [3.05, 3.63) is 119 Å². The Morgan fingerprint density at radius 2 is 1.52 bits per heavy atom. The number of anilines is 1. The van der Waals surface area contributed by atoms with E-state index in [0.717, 1.165) is 11.3 Å². The first-order valence-corrected chi connectivity index (χ1v) is 12.7. The van der Waals surface area contributed by atoms with Gasteiger partial charge in [-0.25, -0.2) is 9.67 Å². The third-order valence-electron chi connectivity index (χ3n) is 5.73.